The fourth-order valence-corrected chi connectivity index (χ4v) is 3.99. The maximum absolute atomic E-state index is 13.3. The van der Waals surface area contributed by atoms with E-state index in [0.717, 1.165) is 17.9 Å². The van der Waals surface area contributed by atoms with Gasteiger partial charge in [0.25, 0.3) is 5.91 Å². The van der Waals surface area contributed by atoms with Crippen LogP contribution in [0.1, 0.15) is 43.5 Å². The number of rotatable bonds is 5. The standard InChI is InChI=1S/C21H27N3O3/c1-15-17(23-14-22-15)12-24(11-16-7-3-2-4-8-16)21(25)20-13-26-18-9-5-6-10-19(18)27-20/h5-6,9-10,14,16,20H,2-4,7-8,11-13H2,1H3,(H,22,23)/t20-/m0/s1. The molecule has 6 nitrogen and oxygen atoms in total. The number of nitrogens with one attached hydrogen (secondary N) is 1. The molecule has 144 valence electrons. The molecule has 1 saturated carbocycles. The van der Waals surface area contributed by atoms with Gasteiger partial charge in [-0.3, -0.25) is 4.79 Å². The molecule has 0 saturated heterocycles. The lowest BCUT2D eigenvalue weighted by atomic mass is 9.89. The summed E-state index contributed by atoms with van der Waals surface area (Å²) in [6.45, 7) is 3.50. The Kier molecular flexibility index (Phi) is 5.32. The number of hydrogen-bond acceptors (Lipinski definition) is 4. The Balaban J connectivity index is 1.50. The summed E-state index contributed by atoms with van der Waals surface area (Å²) < 4.78 is 11.7. The first kappa shape index (κ1) is 17.9. The van der Waals surface area contributed by atoms with Crippen LogP contribution in [0.15, 0.2) is 30.6 Å². The number of amides is 1. The second-order valence-electron chi connectivity index (χ2n) is 7.56. The maximum Gasteiger partial charge on any atom is 0.267 e. The maximum atomic E-state index is 13.3. The number of fused-ring (bicyclic) bond motifs is 1. The van der Waals surface area contributed by atoms with E-state index in [1.807, 2.05) is 36.1 Å². The molecule has 1 aromatic carbocycles. The number of carbonyl (C=O) groups excluding carboxylic acids is 1. The van der Waals surface area contributed by atoms with E-state index in [1.54, 1.807) is 6.33 Å². The van der Waals surface area contributed by atoms with Crippen LogP contribution in [0.4, 0.5) is 0 Å². The van der Waals surface area contributed by atoms with Crippen molar-refractivity contribution in [3.05, 3.63) is 42.0 Å². The van der Waals surface area contributed by atoms with Crippen molar-refractivity contribution in [2.45, 2.75) is 51.7 Å². The van der Waals surface area contributed by atoms with Crippen LogP contribution < -0.4 is 9.47 Å². The third kappa shape index (κ3) is 4.10. The van der Waals surface area contributed by atoms with Gasteiger partial charge in [0.15, 0.2) is 11.5 Å². The minimum atomic E-state index is -0.609. The molecule has 1 atom stereocenters. The zero-order valence-corrected chi connectivity index (χ0v) is 15.8. The second kappa shape index (κ2) is 8.03. The number of H-pyrrole nitrogens is 1. The Morgan fingerprint density at radius 3 is 2.74 bits per heavy atom. The van der Waals surface area contributed by atoms with Crippen LogP contribution in [0.2, 0.25) is 0 Å². The summed E-state index contributed by atoms with van der Waals surface area (Å²) in [6.07, 6.45) is 7.27. The number of nitrogens with zero attached hydrogens (tertiary/aromatic N) is 2. The van der Waals surface area contributed by atoms with Crippen molar-refractivity contribution in [3.8, 4) is 11.5 Å². The number of hydrogen-bond donors (Lipinski definition) is 1. The van der Waals surface area contributed by atoms with Crippen molar-refractivity contribution in [1.29, 1.82) is 0 Å². The summed E-state index contributed by atoms with van der Waals surface area (Å²) in [5, 5.41) is 0. The minimum absolute atomic E-state index is 0.0162. The van der Waals surface area contributed by atoms with E-state index in [9.17, 15) is 4.79 Å². The minimum Gasteiger partial charge on any atom is -0.485 e. The van der Waals surface area contributed by atoms with Gasteiger partial charge in [-0.25, -0.2) is 4.98 Å². The topological polar surface area (TPSA) is 67.5 Å². The molecule has 2 aliphatic rings. The number of aromatic nitrogens is 2. The van der Waals surface area contributed by atoms with Crippen LogP contribution in [0.5, 0.6) is 11.5 Å². The Morgan fingerprint density at radius 1 is 1.22 bits per heavy atom. The average Bonchev–Trinajstić information content (AvgIpc) is 3.12. The molecule has 1 aromatic heterocycles. The first-order valence-corrected chi connectivity index (χ1v) is 9.87. The second-order valence-corrected chi connectivity index (χ2v) is 7.56. The quantitative estimate of drug-likeness (QED) is 0.876. The van der Waals surface area contributed by atoms with Crippen LogP contribution in [-0.2, 0) is 11.3 Å². The largest absolute Gasteiger partial charge is 0.485 e. The van der Waals surface area contributed by atoms with E-state index in [0.29, 0.717) is 24.0 Å². The van der Waals surface area contributed by atoms with Crippen molar-refractivity contribution in [2.24, 2.45) is 5.92 Å². The summed E-state index contributed by atoms with van der Waals surface area (Å²) >= 11 is 0. The predicted molar refractivity (Wildman–Crippen MR) is 102 cm³/mol. The molecule has 1 amide bonds. The molecular weight excluding hydrogens is 342 g/mol. The van der Waals surface area contributed by atoms with E-state index in [2.05, 4.69) is 9.97 Å². The highest BCUT2D eigenvalue weighted by Gasteiger charge is 2.33. The molecule has 1 aliphatic heterocycles. The fraction of sp³-hybridized carbons (Fsp3) is 0.524. The van der Waals surface area contributed by atoms with Gasteiger partial charge < -0.3 is 19.4 Å². The number of aromatic amines is 1. The van der Waals surface area contributed by atoms with Gasteiger partial charge in [0, 0.05) is 12.2 Å². The Morgan fingerprint density at radius 2 is 2.00 bits per heavy atom. The SMILES string of the molecule is Cc1[nH]cnc1CN(CC1CCCCC1)C(=O)[C@@H]1COc2ccccc2O1. The molecule has 0 radical (unpaired) electrons. The molecule has 6 heteroatoms. The van der Waals surface area contributed by atoms with Crippen LogP contribution in [0, 0.1) is 12.8 Å². The molecule has 27 heavy (non-hydrogen) atoms. The molecule has 0 unspecified atom stereocenters. The molecule has 0 bridgehead atoms. The van der Waals surface area contributed by atoms with Gasteiger partial charge in [0.2, 0.25) is 6.10 Å². The van der Waals surface area contributed by atoms with Gasteiger partial charge in [-0.05, 0) is 37.8 Å². The van der Waals surface area contributed by atoms with E-state index in [4.69, 9.17) is 9.47 Å². The first-order valence-electron chi connectivity index (χ1n) is 9.87. The summed E-state index contributed by atoms with van der Waals surface area (Å²) in [7, 11) is 0. The molecule has 2 aromatic rings. The zero-order valence-electron chi connectivity index (χ0n) is 15.8. The van der Waals surface area contributed by atoms with E-state index in [1.165, 1.54) is 32.1 Å². The van der Waals surface area contributed by atoms with E-state index in [-0.39, 0.29) is 12.5 Å². The molecule has 2 heterocycles. The van der Waals surface area contributed by atoms with Crippen molar-refractivity contribution in [2.75, 3.05) is 13.2 Å². The highest BCUT2D eigenvalue weighted by molar-refractivity contribution is 5.82. The predicted octanol–water partition coefficient (Wildman–Crippen LogP) is 3.47. The van der Waals surface area contributed by atoms with Crippen LogP contribution in [0.3, 0.4) is 0 Å². The number of aryl methyl sites for hydroxylation is 1. The van der Waals surface area contributed by atoms with Gasteiger partial charge >= 0.3 is 0 Å². The number of carbonyl (C=O) groups is 1. The highest BCUT2D eigenvalue weighted by Crippen LogP contribution is 2.32. The Labute approximate surface area is 159 Å². The highest BCUT2D eigenvalue weighted by atomic mass is 16.6. The fourth-order valence-electron chi connectivity index (χ4n) is 3.99. The van der Waals surface area contributed by atoms with Gasteiger partial charge in [-0.1, -0.05) is 31.4 Å². The smallest absolute Gasteiger partial charge is 0.267 e. The van der Waals surface area contributed by atoms with Crippen molar-refractivity contribution >= 4 is 5.91 Å². The van der Waals surface area contributed by atoms with E-state index < -0.39 is 6.10 Å². The molecule has 4 rings (SSSR count). The van der Waals surface area contributed by atoms with Crippen LogP contribution in [0.25, 0.3) is 0 Å². The van der Waals surface area contributed by atoms with Gasteiger partial charge in [-0.2, -0.15) is 0 Å². The third-order valence-corrected chi connectivity index (χ3v) is 5.57. The summed E-state index contributed by atoms with van der Waals surface area (Å²) in [5.74, 6) is 1.87. The molecule has 1 aliphatic carbocycles. The number of para-hydroxylation sites is 2. The molecular formula is C21H27N3O3. The van der Waals surface area contributed by atoms with Crippen LogP contribution >= 0.6 is 0 Å². The van der Waals surface area contributed by atoms with Gasteiger partial charge in [0.05, 0.1) is 18.6 Å². The zero-order chi connectivity index (χ0) is 18.6. The Hall–Kier alpha value is -2.50. The number of imidazole rings is 1. The monoisotopic (exact) mass is 369 g/mol. The summed E-state index contributed by atoms with van der Waals surface area (Å²) in [6, 6.07) is 7.50. The summed E-state index contributed by atoms with van der Waals surface area (Å²) in [5.41, 5.74) is 1.92. The van der Waals surface area contributed by atoms with Crippen molar-refractivity contribution < 1.29 is 14.3 Å². The number of benzene rings is 1. The lowest BCUT2D eigenvalue weighted by Crippen LogP contribution is -2.47. The van der Waals surface area contributed by atoms with Crippen molar-refractivity contribution in [1.82, 2.24) is 14.9 Å². The van der Waals surface area contributed by atoms with Gasteiger partial charge in [-0.15, -0.1) is 0 Å². The molecule has 1 N–H and O–H groups in total. The molecule has 0 spiro atoms. The summed E-state index contributed by atoms with van der Waals surface area (Å²) in [4.78, 5) is 22.7. The first-order chi connectivity index (χ1) is 13.2. The molecule has 1 fully saturated rings. The van der Waals surface area contributed by atoms with Crippen molar-refractivity contribution in [3.63, 3.8) is 0 Å². The average molecular weight is 369 g/mol. The Bertz CT molecular complexity index is 782. The van der Waals surface area contributed by atoms with Gasteiger partial charge in [0.1, 0.15) is 6.61 Å². The lowest BCUT2D eigenvalue weighted by molar-refractivity contribution is -0.142. The number of ether oxygens (including phenoxy) is 2. The van der Waals surface area contributed by atoms with E-state index >= 15 is 0 Å². The normalized spacial score (nSPS) is 19.7. The lowest BCUT2D eigenvalue weighted by Gasteiger charge is -2.33. The third-order valence-electron chi connectivity index (χ3n) is 5.57. The van der Waals surface area contributed by atoms with Crippen LogP contribution in [-0.4, -0.2) is 40.0 Å².